The van der Waals surface area contributed by atoms with E-state index in [1.807, 2.05) is 30.3 Å². The summed E-state index contributed by atoms with van der Waals surface area (Å²) in [4.78, 5) is 17.1. The summed E-state index contributed by atoms with van der Waals surface area (Å²) in [5.41, 5.74) is 2.13. The molecular formula is C23H24Cl2N2O3. The van der Waals surface area contributed by atoms with E-state index in [9.17, 15) is 4.79 Å². The molecule has 1 fully saturated rings. The smallest absolute Gasteiger partial charge is 0.258 e. The van der Waals surface area contributed by atoms with Gasteiger partial charge in [-0.2, -0.15) is 0 Å². The molecule has 1 saturated heterocycles. The first-order chi connectivity index (χ1) is 14.5. The minimum absolute atomic E-state index is 0.0833. The fourth-order valence-corrected chi connectivity index (χ4v) is 4.25. The predicted octanol–water partition coefficient (Wildman–Crippen LogP) is 4.91. The minimum atomic E-state index is -0.0833. The van der Waals surface area contributed by atoms with E-state index in [-0.39, 0.29) is 5.91 Å². The lowest BCUT2D eigenvalue weighted by Gasteiger charge is -2.22. The lowest BCUT2D eigenvalue weighted by molar-refractivity contribution is -0.112. The second kappa shape index (κ2) is 8.88. The SMILES string of the molecule is COc1ccc(N2CC=C(c3ccc(Cl)c(Cl)c3)C2=O)cc1OCC1CCCN1C. The van der Waals surface area contributed by atoms with Crippen molar-refractivity contribution >= 4 is 40.4 Å². The Morgan fingerprint density at radius 2 is 1.93 bits per heavy atom. The fraction of sp³-hybridized carbons (Fsp3) is 0.348. The molecule has 2 aromatic rings. The first kappa shape index (κ1) is 21.0. The molecule has 5 nitrogen and oxygen atoms in total. The van der Waals surface area contributed by atoms with Crippen LogP contribution < -0.4 is 14.4 Å². The van der Waals surface area contributed by atoms with Crippen molar-refractivity contribution in [1.29, 1.82) is 0 Å². The molecule has 2 aromatic carbocycles. The summed E-state index contributed by atoms with van der Waals surface area (Å²) in [6.45, 7) is 2.17. The number of rotatable bonds is 6. The van der Waals surface area contributed by atoms with Crippen molar-refractivity contribution in [2.45, 2.75) is 18.9 Å². The molecule has 1 atom stereocenters. The Hall–Kier alpha value is -2.21. The molecule has 2 aliphatic rings. The van der Waals surface area contributed by atoms with Crippen LogP contribution in [-0.4, -0.2) is 50.7 Å². The van der Waals surface area contributed by atoms with Gasteiger partial charge in [0.25, 0.3) is 5.91 Å². The highest BCUT2D eigenvalue weighted by Crippen LogP contribution is 2.36. The summed E-state index contributed by atoms with van der Waals surface area (Å²) in [5.74, 6) is 1.22. The number of nitrogens with zero attached hydrogens (tertiary/aromatic N) is 2. The Balaban J connectivity index is 1.52. The van der Waals surface area contributed by atoms with Crippen molar-refractivity contribution in [3.05, 3.63) is 58.1 Å². The van der Waals surface area contributed by atoms with E-state index in [2.05, 4.69) is 11.9 Å². The number of ether oxygens (including phenoxy) is 2. The molecule has 0 spiro atoms. The van der Waals surface area contributed by atoms with Crippen LogP contribution in [0.2, 0.25) is 10.0 Å². The third-order valence-corrected chi connectivity index (χ3v) is 6.48. The van der Waals surface area contributed by atoms with Crippen LogP contribution in [0.4, 0.5) is 5.69 Å². The number of carbonyl (C=O) groups excluding carboxylic acids is 1. The molecule has 2 heterocycles. The van der Waals surface area contributed by atoms with Gasteiger partial charge in [0.1, 0.15) is 6.61 Å². The molecule has 30 heavy (non-hydrogen) atoms. The first-order valence-electron chi connectivity index (χ1n) is 9.96. The normalized spacial score (nSPS) is 19.3. The van der Waals surface area contributed by atoms with Gasteiger partial charge in [-0.1, -0.05) is 35.3 Å². The maximum absolute atomic E-state index is 13.1. The van der Waals surface area contributed by atoms with Crippen LogP contribution in [0, 0.1) is 0 Å². The van der Waals surface area contributed by atoms with Crippen molar-refractivity contribution in [3.8, 4) is 11.5 Å². The monoisotopic (exact) mass is 446 g/mol. The van der Waals surface area contributed by atoms with Crippen molar-refractivity contribution in [2.24, 2.45) is 0 Å². The summed E-state index contributed by atoms with van der Waals surface area (Å²) in [6.07, 6.45) is 4.22. The Bertz CT molecular complexity index is 992. The highest BCUT2D eigenvalue weighted by Gasteiger charge is 2.28. The topological polar surface area (TPSA) is 42.0 Å². The van der Waals surface area contributed by atoms with E-state index < -0.39 is 0 Å². The zero-order chi connectivity index (χ0) is 21.3. The summed E-state index contributed by atoms with van der Waals surface area (Å²) < 4.78 is 11.6. The zero-order valence-corrected chi connectivity index (χ0v) is 18.5. The Morgan fingerprint density at radius 1 is 1.10 bits per heavy atom. The number of benzene rings is 2. The number of anilines is 1. The number of likely N-dealkylation sites (tertiary alicyclic amines) is 1. The largest absolute Gasteiger partial charge is 0.493 e. The second-order valence-electron chi connectivity index (χ2n) is 7.59. The van der Waals surface area contributed by atoms with Crippen molar-refractivity contribution in [1.82, 2.24) is 4.90 Å². The number of hydrogen-bond acceptors (Lipinski definition) is 4. The molecular weight excluding hydrogens is 423 g/mol. The molecule has 0 radical (unpaired) electrons. The fourth-order valence-electron chi connectivity index (χ4n) is 3.95. The van der Waals surface area contributed by atoms with Crippen LogP contribution in [0.1, 0.15) is 18.4 Å². The summed E-state index contributed by atoms with van der Waals surface area (Å²) in [7, 11) is 3.74. The van der Waals surface area contributed by atoms with Gasteiger partial charge in [0.15, 0.2) is 11.5 Å². The van der Waals surface area contributed by atoms with E-state index in [4.69, 9.17) is 32.7 Å². The minimum Gasteiger partial charge on any atom is -0.493 e. The van der Waals surface area contributed by atoms with Gasteiger partial charge in [0.2, 0.25) is 0 Å². The van der Waals surface area contributed by atoms with Gasteiger partial charge >= 0.3 is 0 Å². The predicted molar refractivity (Wildman–Crippen MR) is 121 cm³/mol. The number of carbonyl (C=O) groups is 1. The molecule has 0 N–H and O–H groups in total. The van der Waals surface area contributed by atoms with Crippen LogP contribution in [0.15, 0.2) is 42.5 Å². The summed E-state index contributed by atoms with van der Waals surface area (Å²) >= 11 is 12.1. The van der Waals surface area contributed by atoms with E-state index >= 15 is 0 Å². The van der Waals surface area contributed by atoms with Crippen molar-refractivity contribution in [3.63, 3.8) is 0 Å². The van der Waals surface area contributed by atoms with E-state index in [0.717, 1.165) is 24.2 Å². The summed E-state index contributed by atoms with van der Waals surface area (Å²) in [6, 6.07) is 11.2. The van der Waals surface area contributed by atoms with Crippen LogP contribution in [0.3, 0.4) is 0 Å². The highest BCUT2D eigenvalue weighted by molar-refractivity contribution is 6.42. The Labute approximate surface area is 186 Å². The van der Waals surface area contributed by atoms with E-state index in [0.29, 0.717) is 46.3 Å². The van der Waals surface area contributed by atoms with Crippen LogP contribution in [0.25, 0.3) is 5.57 Å². The molecule has 0 aliphatic carbocycles. The van der Waals surface area contributed by atoms with Gasteiger partial charge in [0.05, 0.1) is 17.2 Å². The number of hydrogen-bond donors (Lipinski definition) is 0. The Morgan fingerprint density at radius 3 is 2.63 bits per heavy atom. The standard InChI is InChI=1S/C23H24Cl2N2O3/c1-26-10-3-4-17(26)14-30-22-13-16(6-8-21(22)29-2)27-11-9-18(23(27)28)15-5-7-19(24)20(25)12-15/h5-9,12-13,17H,3-4,10-11,14H2,1-2H3. The average molecular weight is 447 g/mol. The summed E-state index contributed by atoms with van der Waals surface area (Å²) in [5, 5.41) is 0.895. The van der Waals surface area contributed by atoms with Gasteiger partial charge in [-0.25, -0.2) is 0 Å². The molecule has 0 saturated carbocycles. The number of methoxy groups -OCH3 is 1. The molecule has 4 rings (SSSR count). The first-order valence-corrected chi connectivity index (χ1v) is 10.7. The van der Waals surface area contributed by atoms with E-state index in [1.54, 1.807) is 24.1 Å². The van der Waals surface area contributed by atoms with Gasteiger partial charge in [-0.3, -0.25) is 4.79 Å². The van der Waals surface area contributed by atoms with Gasteiger partial charge in [-0.05, 0) is 56.3 Å². The number of halogens is 2. The average Bonchev–Trinajstić information content (AvgIpc) is 3.33. The number of likely N-dealkylation sites (N-methyl/N-ethyl adjacent to an activating group) is 1. The van der Waals surface area contributed by atoms with Crippen LogP contribution >= 0.6 is 23.2 Å². The maximum Gasteiger partial charge on any atom is 0.258 e. The van der Waals surface area contributed by atoms with Gasteiger partial charge in [0, 0.05) is 29.9 Å². The molecule has 0 bridgehead atoms. The van der Waals surface area contributed by atoms with Crippen molar-refractivity contribution < 1.29 is 14.3 Å². The zero-order valence-electron chi connectivity index (χ0n) is 17.0. The van der Waals surface area contributed by atoms with E-state index in [1.165, 1.54) is 6.42 Å². The second-order valence-corrected chi connectivity index (χ2v) is 8.40. The third kappa shape index (κ3) is 4.15. The van der Waals surface area contributed by atoms with Crippen molar-refractivity contribution in [2.75, 3.05) is 38.8 Å². The third-order valence-electron chi connectivity index (χ3n) is 5.75. The lowest BCUT2D eigenvalue weighted by Crippen LogP contribution is -2.30. The van der Waals surface area contributed by atoms with Crippen LogP contribution in [-0.2, 0) is 4.79 Å². The Kier molecular flexibility index (Phi) is 6.23. The molecule has 7 heteroatoms. The molecule has 2 aliphatic heterocycles. The molecule has 1 amide bonds. The van der Waals surface area contributed by atoms with Gasteiger partial charge in [-0.15, -0.1) is 0 Å². The van der Waals surface area contributed by atoms with Gasteiger partial charge < -0.3 is 19.3 Å². The quantitative estimate of drug-likeness (QED) is 0.632. The highest BCUT2D eigenvalue weighted by atomic mass is 35.5. The molecule has 0 aromatic heterocycles. The van der Waals surface area contributed by atoms with Crippen LogP contribution in [0.5, 0.6) is 11.5 Å². The maximum atomic E-state index is 13.1. The lowest BCUT2D eigenvalue weighted by atomic mass is 10.1. The number of amides is 1. The molecule has 158 valence electrons. The molecule has 1 unspecified atom stereocenters.